The number of nitrogens with one attached hydrogen (secondary N) is 1. The van der Waals surface area contributed by atoms with Crippen LogP contribution in [-0.4, -0.2) is 26.9 Å². The molecule has 1 amide bonds. The minimum atomic E-state index is -0.586. The first kappa shape index (κ1) is 19.0. The highest BCUT2D eigenvalue weighted by Crippen LogP contribution is 2.35. The minimum Gasteiger partial charge on any atom is -0.368 e. The number of aromatic nitrogens is 3. The summed E-state index contributed by atoms with van der Waals surface area (Å²) in [6.45, 7) is 4.10. The van der Waals surface area contributed by atoms with Gasteiger partial charge in [-0.05, 0) is 37.1 Å². The molecule has 0 fully saturated rings. The van der Waals surface area contributed by atoms with Gasteiger partial charge in [0.05, 0.1) is 5.39 Å². The Morgan fingerprint density at radius 3 is 2.62 bits per heavy atom. The largest absolute Gasteiger partial charge is 0.368 e. The molecular weight excluding hydrogens is 382 g/mol. The molecule has 0 bridgehead atoms. The molecule has 29 heavy (non-hydrogen) atoms. The van der Waals surface area contributed by atoms with Crippen molar-refractivity contribution in [3.63, 3.8) is 0 Å². The molecule has 0 spiro atoms. The van der Waals surface area contributed by atoms with Gasteiger partial charge < -0.3 is 11.1 Å². The molecule has 1 unspecified atom stereocenters. The lowest BCUT2D eigenvalue weighted by Gasteiger charge is -2.18. The molecule has 4 aromatic rings. The summed E-state index contributed by atoms with van der Waals surface area (Å²) in [5.74, 6) is 0.765. The van der Waals surface area contributed by atoms with Crippen molar-refractivity contribution in [3.8, 4) is 11.4 Å². The quantitative estimate of drug-likeness (QED) is 0.510. The number of nitrogens with two attached hydrogens (primary N) is 1. The average molecular weight is 404 g/mol. The van der Waals surface area contributed by atoms with Crippen molar-refractivity contribution >= 4 is 33.3 Å². The number of nitrogens with zero attached hydrogens (tertiary/aromatic N) is 3. The molecule has 3 heterocycles. The summed E-state index contributed by atoms with van der Waals surface area (Å²) in [6.07, 6.45) is 3.92. The number of hydrogen-bond donors (Lipinski definition) is 2. The SMILES string of the molecule is Cc1sc2nc(-c3cccnc3)nc(NC(Cc3ccccc3)C(N)=O)c2c1C. The van der Waals surface area contributed by atoms with Crippen LogP contribution in [0.15, 0.2) is 54.9 Å². The number of anilines is 1. The maximum atomic E-state index is 12.2. The number of amides is 1. The Hall–Kier alpha value is -3.32. The van der Waals surface area contributed by atoms with Crippen LogP contribution in [0.4, 0.5) is 5.82 Å². The van der Waals surface area contributed by atoms with Crippen molar-refractivity contribution in [3.05, 3.63) is 70.9 Å². The van der Waals surface area contributed by atoms with Gasteiger partial charge in [-0.2, -0.15) is 0 Å². The van der Waals surface area contributed by atoms with E-state index in [9.17, 15) is 4.79 Å². The van der Waals surface area contributed by atoms with E-state index in [1.807, 2.05) is 49.4 Å². The molecule has 1 atom stereocenters. The van der Waals surface area contributed by atoms with Gasteiger partial charge >= 0.3 is 0 Å². The van der Waals surface area contributed by atoms with Gasteiger partial charge in [0.15, 0.2) is 5.82 Å². The number of carbonyl (C=O) groups is 1. The van der Waals surface area contributed by atoms with Crippen LogP contribution in [-0.2, 0) is 11.2 Å². The van der Waals surface area contributed by atoms with Gasteiger partial charge in [0.1, 0.15) is 16.7 Å². The Morgan fingerprint density at radius 2 is 1.93 bits per heavy atom. The second kappa shape index (κ2) is 7.97. The van der Waals surface area contributed by atoms with Gasteiger partial charge in [0.2, 0.25) is 5.91 Å². The first-order valence-electron chi connectivity index (χ1n) is 9.31. The lowest BCUT2D eigenvalue weighted by Crippen LogP contribution is -2.37. The van der Waals surface area contributed by atoms with Gasteiger partial charge in [-0.1, -0.05) is 30.3 Å². The summed E-state index contributed by atoms with van der Waals surface area (Å²) >= 11 is 1.61. The summed E-state index contributed by atoms with van der Waals surface area (Å²) < 4.78 is 0. The number of hydrogen-bond acceptors (Lipinski definition) is 6. The second-order valence-electron chi connectivity index (χ2n) is 6.89. The summed E-state index contributed by atoms with van der Waals surface area (Å²) in [5.41, 5.74) is 8.67. The highest BCUT2D eigenvalue weighted by atomic mass is 32.1. The van der Waals surface area contributed by atoms with Crippen LogP contribution in [0, 0.1) is 13.8 Å². The van der Waals surface area contributed by atoms with E-state index >= 15 is 0 Å². The van der Waals surface area contributed by atoms with Gasteiger partial charge in [0, 0.05) is 29.3 Å². The number of pyridine rings is 1. The minimum absolute atomic E-state index is 0.423. The molecule has 3 aromatic heterocycles. The molecule has 3 N–H and O–H groups in total. The van der Waals surface area contributed by atoms with E-state index < -0.39 is 11.9 Å². The van der Waals surface area contributed by atoms with Crippen LogP contribution in [0.3, 0.4) is 0 Å². The van der Waals surface area contributed by atoms with Crippen LogP contribution < -0.4 is 11.1 Å². The van der Waals surface area contributed by atoms with Gasteiger partial charge in [-0.25, -0.2) is 9.97 Å². The van der Waals surface area contributed by atoms with Crippen LogP contribution in [0.25, 0.3) is 21.6 Å². The molecule has 4 rings (SSSR count). The van der Waals surface area contributed by atoms with E-state index in [0.29, 0.717) is 18.1 Å². The first-order valence-corrected chi connectivity index (χ1v) is 10.1. The molecule has 0 saturated carbocycles. The third-order valence-corrected chi connectivity index (χ3v) is 5.99. The topological polar surface area (TPSA) is 93.8 Å². The number of thiophene rings is 1. The van der Waals surface area contributed by atoms with E-state index in [4.69, 9.17) is 15.7 Å². The monoisotopic (exact) mass is 403 g/mol. The van der Waals surface area contributed by atoms with Gasteiger partial charge in [-0.15, -0.1) is 11.3 Å². The molecule has 146 valence electrons. The second-order valence-corrected chi connectivity index (χ2v) is 8.09. The van der Waals surface area contributed by atoms with E-state index in [-0.39, 0.29) is 0 Å². The molecule has 6 nitrogen and oxygen atoms in total. The number of aryl methyl sites for hydroxylation is 2. The van der Waals surface area contributed by atoms with Crippen molar-refractivity contribution < 1.29 is 4.79 Å². The van der Waals surface area contributed by atoms with Crippen molar-refractivity contribution in [1.29, 1.82) is 0 Å². The zero-order valence-electron chi connectivity index (χ0n) is 16.2. The van der Waals surface area contributed by atoms with Gasteiger partial charge in [0.25, 0.3) is 0 Å². The highest BCUT2D eigenvalue weighted by molar-refractivity contribution is 7.18. The lowest BCUT2D eigenvalue weighted by atomic mass is 10.1. The third kappa shape index (κ3) is 3.95. The number of carbonyl (C=O) groups excluding carboxylic acids is 1. The predicted octanol–water partition coefficient (Wildman–Crippen LogP) is 3.88. The Labute approximate surface area is 172 Å². The number of fused-ring (bicyclic) bond motifs is 1. The third-order valence-electron chi connectivity index (χ3n) is 4.89. The van der Waals surface area contributed by atoms with Crippen molar-refractivity contribution in [1.82, 2.24) is 15.0 Å². The maximum absolute atomic E-state index is 12.2. The maximum Gasteiger partial charge on any atom is 0.240 e. The average Bonchev–Trinajstić information content (AvgIpc) is 3.02. The number of rotatable bonds is 6. The Kier molecular flexibility index (Phi) is 5.22. The molecule has 0 aliphatic carbocycles. The van der Waals surface area contributed by atoms with Crippen LogP contribution in [0.1, 0.15) is 16.0 Å². The number of benzene rings is 1. The van der Waals surface area contributed by atoms with Crippen molar-refractivity contribution in [2.75, 3.05) is 5.32 Å². The molecule has 0 aliphatic heterocycles. The van der Waals surface area contributed by atoms with Crippen molar-refractivity contribution in [2.24, 2.45) is 5.73 Å². The fraction of sp³-hybridized carbons (Fsp3) is 0.182. The Morgan fingerprint density at radius 1 is 1.14 bits per heavy atom. The normalized spacial score (nSPS) is 12.1. The summed E-state index contributed by atoms with van der Waals surface area (Å²) in [6, 6.07) is 13.0. The lowest BCUT2D eigenvalue weighted by molar-refractivity contribution is -0.118. The fourth-order valence-electron chi connectivity index (χ4n) is 3.22. The molecule has 7 heteroatoms. The molecule has 0 aliphatic rings. The number of primary amides is 1. The molecule has 1 aromatic carbocycles. The summed E-state index contributed by atoms with van der Waals surface area (Å²) in [5, 5.41) is 4.22. The standard InChI is InChI=1S/C22H21N5OS/c1-13-14(2)29-22-18(13)21(26-20(27-22)16-9-6-10-24-12-16)25-17(19(23)28)11-15-7-4-3-5-8-15/h3-10,12,17H,11H2,1-2H3,(H2,23,28)(H,25,26,27). The highest BCUT2D eigenvalue weighted by Gasteiger charge is 2.21. The molecular formula is C22H21N5OS. The van der Waals surface area contributed by atoms with Crippen LogP contribution in [0.2, 0.25) is 0 Å². The van der Waals surface area contributed by atoms with Crippen LogP contribution in [0.5, 0.6) is 0 Å². The molecule has 0 saturated heterocycles. The first-order chi connectivity index (χ1) is 14.0. The Balaban J connectivity index is 1.79. The zero-order chi connectivity index (χ0) is 20.4. The molecule has 0 radical (unpaired) electrons. The zero-order valence-corrected chi connectivity index (χ0v) is 17.0. The fourth-order valence-corrected chi connectivity index (χ4v) is 4.24. The summed E-state index contributed by atoms with van der Waals surface area (Å²) in [4.78, 5) is 27.9. The predicted molar refractivity (Wildman–Crippen MR) is 117 cm³/mol. The van der Waals surface area contributed by atoms with E-state index in [1.165, 1.54) is 4.88 Å². The summed E-state index contributed by atoms with van der Waals surface area (Å²) in [7, 11) is 0. The van der Waals surface area contributed by atoms with E-state index in [0.717, 1.165) is 26.9 Å². The van der Waals surface area contributed by atoms with Gasteiger partial charge in [-0.3, -0.25) is 9.78 Å². The van der Waals surface area contributed by atoms with Crippen LogP contribution >= 0.6 is 11.3 Å². The van der Waals surface area contributed by atoms with Crippen molar-refractivity contribution in [2.45, 2.75) is 26.3 Å². The Bertz CT molecular complexity index is 1160. The van der Waals surface area contributed by atoms with E-state index in [1.54, 1.807) is 23.7 Å². The van der Waals surface area contributed by atoms with E-state index in [2.05, 4.69) is 17.2 Å². The smallest absolute Gasteiger partial charge is 0.240 e.